The molecule has 0 saturated carbocycles. The Hall–Kier alpha value is -2.66. The maximum Gasteiger partial charge on any atom is 0.256 e. The molecule has 2 amide bonds. The number of amides is 2. The Balaban J connectivity index is 1.37. The first kappa shape index (κ1) is 20.6. The van der Waals surface area contributed by atoms with E-state index in [-0.39, 0.29) is 11.8 Å². The topological polar surface area (TPSA) is 52.7 Å². The van der Waals surface area contributed by atoms with Gasteiger partial charge in [0, 0.05) is 25.8 Å². The van der Waals surface area contributed by atoms with Crippen LogP contribution in [0.3, 0.4) is 0 Å². The number of carbonyl (C=O) groups excluding carboxylic acids is 2. The van der Waals surface area contributed by atoms with Gasteiger partial charge in [-0.1, -0.05) is 31.2 Å². The normalized spacial score (nSPS) is 21.6. The molecule has 2 aliphatic rings. The second-order valence-corrected chi connectivity index (χ2v) is 8.98. The Kier molecular flexibility index (Phi) is 5.91. The summed E-state index contributed by atoms with van der Waals surface area (Å²) in [6.45, 7) is 5.31. The van der Waals surface area contributed by atoms with E-state index < -0.39 is 0 Å². The number of benzene rings is 2. The van der Waals surface area contributed by atoms with E-state index in [0.29, 0.717) is 17.7 Å². The second kappa shape index (κ2) is 8.60. The summed E-state index contributed by atoms with van der Waals surface area (Å²) in [6, 6.07) is 13.6. The fraction of sp³-hybridized carbons (Fsp3) is 0.440. The molecule has 158 valence electrons. The lowest BCUT2D eigenvalue weighted by Gasteiger charge is -2.34. The highest BCUT2D eigenvalue weighted by Crippen LogP contribution is 2.28. The van der Waals surface area contributed by atoms with Gasteiger partial charge in [0.05, 0.1) is 11.1 Å². The Morgan fingerprint density at radius 3 is 2.63 bits per heavy atom. The minimum Gasteiger partial charge on any atom is -0.337 e. The van der Waals surface area contributed by atoms with Crippen molar-refractivity contribution in [3.05, 3.63) is 64.7 Å². The highest BCUT2D eigenvalue weighted by atomic mass is 16.2. The number of likely N-dealkylation sites (tertiary alicyclic amines) is 1. The predicted octanol–water partition coefficient (Wildman–Crippen LogP) is 4.04. The quantitative estimate of drug-likeness (QED) is 0.817. The van der Waals surface area contributed by atoms with Crippen molar-refractivity contribution < 1.29 is 9.59 Å². The molecule has 1 fully saturated rings. The first-order chi connectivity index (χ1) is 14.4. The van der Waals surface area contributed by atoms with E-state index in [4.69, 9.17) is 0 Å². The van der Waals surface area contributed by atoms with E-state index in [1.165, 1.54) is 31.5 Å². The van der Waals surface area contributed by atoms with E-state index in [9.17, 15) is 9.59 Å². The van der Waals surface area contributed by atoms with Gasteiger partial charge >= 0.3 is 0 Å². The second-order valence-electron chi connectivity index (χ2n) is 8.98. The van der Waals surface area contributed by atoms with Gasteiger partial charge in [-0.2, -0.15) is 0 Å². The Bertz CT molecular complexity index is 938. The first-order valence-corrected chi connectivity index (χ1v) is 10.9. The van der Waals surface area contributed by atoms with Crippen LogP contribution in [0.5, 0.6) is 0 Å². The summed E-state index contributed by atoms with van der Waals surface area (Å²) in [5, 5.41) is 2.95. The van der Waals surface area contributed by atoms with Crippen LogP contribution >= 0.6 is 0 Å². The van der Waals surface area contributed by atoms with Gasteiger partial charge in [0.15, 0.2) is 0 Å². The van der Waals surface area contributed by atoms with Crippen LogP contribution < -0.4 is 5.32 Å². The van der Waals surface area contributed by atoms with Crippen LogP contribution in [0.2, 0.25) is 0 Å². The molecule has 0 aliphatic carbocycles. The number of hydrogen-bond donors (Lipinski definition) is 1. The number of piperidine rings is 1. The van der Waals surface area contributed by atoms with Crippen LogP contribution in [0.15, 0.2) is 42.5 Å². The summed E-state index contributed by atoms with van der Waals surface area (Å²) >= 11 is 0. The molecule has 0 unspecified atom stereocenters. The molecule has 2 aromatic carbocycles. The molecule has 5 heteroatoms. The molecule has 1 saturated heterocycles. The van der Waals surface area contributed by atoms with Crippen LogP contribution in [0, 0.1) is 11.8 Å². The summed E-state index contributed by atoms with van der Waals surface area (Å²) in [6.07, 6.45) is 3.56. The minimum absolute atomic E-state index is 0.0887. The summed E-state index contributed by atoms with van der Waals surface area (Å²) in [7, 11) is 3.96. The summed E-state index contributed by atoms with van der Waals surface area (Å²) in [5.74, 6) is 1.21. The standard InChI is InChI=1S/C25H31N3O2/c1-17-15-27(2)14-13-19(17)10-7-18-8-11-21(12-9-18)26-24(29)22-6-4-5-20-16-28(3)25(30)23(20)22/h4-6,8-9,11-12,17,19H,7,10,13-16H2,1-3H3,(H,26,29)/t17-,19+/m0/s1. The molecule has 1 N–H and O–H groups in total. The zero-order chi connectivity index (χ0) is 21.3. The number of nitrogens with zero attached hydrogens (tertiary/aromatic N) is 2. The van der Waals surface area contributed by atoms with Crippen molar-refractivity contribution in [2.75, 3.05) is 32.5 Å². The van der Waals surface area contributed by atoms with Crippen molar-refractivity contribution in [1.29, 1.82) is 0 Å². The maximum atomic E-state index is 12.8. The third-order valence-electron chi connectivity index (χ3n) is 6.67. The van der Waals surface area contributed by atoms with Crippen molar-refractivity contribution >= 4 is 17.5 Å². The Morgan fingerprint density at radius 1 is 1.13 bits per heavy atom. The molecular weight excluding hydrogens is 374 g/mol. The summed E-state index contributed by atoms with van der Waals surface area (Å²) in [4.78, 5) is 29.3. The fourth-order valence-electron chi connectivity index (χ4n) is 4.83. The molecule has 5 nitrogen and oxygen atoms in total. The van der Waals surface area contributed by atoms with E-state index in [1.54, 1.807) is 18.0 Å². The number of fused-ring (bicyclic) bond motifs is 1. The van der Waals surface area contributed by atoms with E-state index >= 15 is 0 Å². The average molecular weight is 406 g/mol. The smallest absolute Gasteiger partial charge is 0.256 e. The number of carbonyl (C=O) groups is 2. The molecular formula is C25H31N3O2. The molecule has 2 heterocycles. The van der Waals surface area contributed by atoms with Crippen molar-refractivity contribution in [1.82, 2.24) is 9.80 Å². The van der Waals surface area contributed by atoms with Gasteiger partial charge in [-0.15, -0.1) is 0 Å². The van der Waals surface area contributed by atoms with E-state index in [0.717, 1.165) is 29.5 Å². The Morgan fingerprint density at radius 2 is 1.90 bits per heavy atom. The van der Waals surface area contributed by atoms with Gasteiger partial charge in [0.1, 0.15) is 0 Å². The summed E-state index contributed by atoms with van der Waals surface area (Å²) < 4.78 is 0. The largest absolute Gasteiger partial charge is 0.337 e. The van der Waals surface area contributed by atoms with Crippen LogP contribution in [0.4, 0.5) is 5.69 Å². The number of nitrogens with one attached hydrogen (secondary N) is 1. The molecule has 2 aliphatic heterocycles. The lowest BCUT2D eigenvalue weighted by Crippen LogP contribution is -2.36. The fourth-order valence-corrected chi connectivity index (χ4v) is 4.83. The number of rotatable bonds is 5. The van der Waals surface area contributed by atoms with Gasteiger partial charge < -0.3 is 15.1 Å². The zero-order valence-electron chi connectivity index (χ0n) is 18.1. The predicted molar refractivity (Wildman–Crippen MR) is 120 cm³/mol. The lowest BCUT2D eigenvalue weighted by atomic mass is 9.83. The third-order valence-corrected chi connectivity index (χ3v) is 6.67. The zero-order valence-corrected chi connectivity index (χ0v) is 18.1. The molecule has 0 radical (unpaired) electrons. The highest BCUT2D eigenvalue weighted by molar-refractivity contribution is 6.13. The van der Waals surface area contributed by atoms with Crippen LogP contribution in [0.25, 0.3) is 0 Å². The number of anilines is 1. The number of hydrogen-bond acceptors (Lipinski definition) is 3. The van der Waals surface area contributed by atoms with Crippen molar-refractivity contribution in [2.24, 2.45) is 11.8 Å². The van der Waals surface area contributed by atoms with E-state index in [1.807, 2.05) is 24.3 Å². The van der Waals surface area contributed by atoms with Crippen LogP contribution in [-0.2, 0) is 13.0 Å². The lowest BCUT2D eigenvalue weighted by molar-refractivity contribution is 0.0812. The molecule has 30 heavy (non-hydrogen) atoms. The average Bonchev–Trinajstić information content (AvgIpc) is 3.02. The molecule has 0 aromatic heterocycles. The number of aryl methyl sites for hydroxylation is 1. The van der Waals surface area contributed by atoms with Crippen molar-refractivity contribution in [3.8, 4) is 0 Å². The molecule has 2 aromatic rings. The Labute approximate surface area is 179 Å². The van der Waals surface area contributed by atoms with Gasteiger partial charge in [0.25, 0.3) is 11.8 Å². The van der Waals surface area contributed by atoms with Crippen molar-refractivity contribution in [2.45, 2.75) is 32.7 Å². The maximum absolute atomic E-state index is 12.8. The van der Waals surface area contributed by atoms with E-state index in [2.05, 4.69) is 36.3 Å². The van der Waals surface area contributed by atoms with Gasteiger partial charge in [-0.3, -0.25) is 9.59 Å². The first-order valence-electron chi connectivity index (χ1n) is 10.9. The molecule has 0 spiro atoms. The van der Waals surface area contributed by atoms with Crippen molar-refractivity contribution in [3.63, 3.8) is 0 Å². The molecule has 0 bridgehead atoms. The molecule has 4 rings (SSSR count). The van der Waals surface area contributed by atoms with Crippen LogP contribution in [0.1, 0.15) is 51.6 Å². The van der Waals surface area contributed by atoms with Gasteiger partial charge in [-0.05, 0) is 74.0 Å². The van der Waals surface area contributed by atoms with Crippen LogP contribution in [-0.4, -0.2) is 48.8 Å². The SMILES string of the molecule is C[C@H]1CN(C)CC[C@H]1CCc1ccc(NC(=O)c2cccc3c2C(=O)N(C)C3)cc1. The monoisotopic (exact) mass is 405 g/mol. The summed E-state index contributed by atoms with van der Waals surface area (Å²) in [5.41, 5.74) is 3.95. The molecule has 2 atom stereocenters. The highest BCUT2D eigenvalue weighted by Gasteiger charge is 2.29. The third kappa shape index (κ3) is 4.26. The van der Waals surface area contributed by atoms with Gasteiger partial charge in [0.2, 0.25) is 0 Å². The minimum atomic E-state index is -0.233. The van der Waals surface area contributed by atoms with Gasteiger partial charge in [-0.25, -0.2) is 0 Å².